The van der Waals surface area contributed by atoms with Crippen molar-refractivity contribution in [1.29, 1.82) is 0 Å². The molecule has 4 heterocycles. The Morgan fingerprint density at radius 1 is 0.864 bits per heavy atom. The minimum absolute atomic E-state index is 0.0382. The van der Waals surface area contributed by atoms with Gasteiger partial charge in [0.25, 0.3) is 0 Å². The van der Waals surface area contributed by atoms with Crippen LogP contribution in [0.2, 0.25) is 0 Å². The van der Waals surface area contributed by atoms with Crippen molar-refractivity contribution in [2.75, 3.05) is 39.3 Å². The number of H-pyrrole nitrogens is 2. The summed E-state index contributed by atoms with van der Waals surface area (Å²) in [5, 5.41) is 10.1. The summed E-state index contributed by atoms with van der Waals surface area (Å²) in [5.41, 5.74) is 3.34. The molecule has 0 unspecified atom stereocenters. The molecule has 12 nitrogen and oxygen atoms in total. The Labute approximate surface area is 255 Å². The van der Waals surface area contributed by atoms with Gasteiger partial charge in [0.1, 0.15) is 12.1 Å². The summed E-state index contributed by atoms with van der Waals surface area (Å²) in [6.45, 7) is 7.10. The minimum atomic E-state index is -0.922. The zero-order valence-electron chi connectivity index (χ0n) is 25.1. The number of carbonyl (C=O) groups is 3. The van der Waals surface area contributed by atoms with Crippen molar-refractivity contribution in [2.45, 2.75) is 50.7 Å². The van der Waals surface area contributed by atoms with Crippen molar-refractivity contribution in [3.8, 4) is 0 Å². The van der Waals surface area contributed by atoms with Crippen molar-refractivity contribution >= 4 is 39.8 Å². The zero-order chi connectivity index (χ0) is 30.8. The fourth-order valence-corrected chi connectivity index (χ4v) is 6.58. The maximum absolute atomic E-state index is 13.8. The third-order valence-corrected chi connectivity index (χ3v) is 9.07. The van der Waals surface area contributed by atoms with E-state index >= 15 is 0 Å². The number of nitrogens with one attached hydrogen (secondary N) is 5. The number of nitrogens with zero attached hydrogens (tertiary/aromatic N) is 3. The summed E-state index contributed by atoms with van der Waals surface area (Å²) in [5.74, 6) is -0.939. The van der Waals surface area contributed by atoms with Gasteiger partial charge in [-0.1, -0.05) is 37.3 Å². The van der Waals surface area contributed by atoms with Crippen LogP contribution < -0.4 is 21.6 Å². The first-order valence-corrected chi connectivity index (χ1v) is 15.4. The number of aromatic nitrogens is 3. The Hall–Kier alpha value is -4.58. The number of rotatable bonds is 7. The first-order valence-electron chi connectivity index (χ1n) is 15.4. The van der Waals surface area contributed by atoms with E-state index in [2.05, 4.69) is 25.9 Å². The number of piperazine rings is 1. The molecule has 4 aromatic rings. The number of urea groups is 1. The molecular formula is C32H40N8O4. The van der Waals surface area contributed by atoms with Crippen LogP contribution in [0, 0.1) is 0 Å². The average molecular weight is 601 g/mol. The van der Waals surface area contributed by atoms with E-state index in [4.69, 9.17) is 0 Å². The summed E-state index contributed by atoms with van der Waals surface area (Å²) in [4.78, 5) is 62.9. The van der Waals surface area contributed by atoms with Gasteiger partial charge >= 0.3 is 11.7 Å². The predicted octanol–water partition coefficient (Wildman–Crippen LogP) is 2.27. The third kappa shape index (κ3) is 5.81. The van der Waals surface area contributed by atoms with Gasteiger partial charge in [-0.3, -0.25) is 14.2 Å². The summed E-state index contributed by atoms with van der Waals surface area (Å²) in [6.07, 6.45) is 3.10. The van der Waals surface area contributed by atoms with E-state index in [1.807, 2.05) is 61.7 Å². The van der Waals surface area contributed by atoms with E-state index in [0.717, 1.165) is 27.5 Å². The molecule has 2 aliphatic rings. The van der Waals surface area contributed by atoms with Crippen LogP contribution in [0.25, 0.3) is 21.9 Å². The Kier molecular flexibility index (Phi) is 8.42. The van der Waals surface area contributed by atoms with Gasteiger partial charge in [0.2, 0.25) is 11.8 Å². The highest BCUT2D eigenvalue weighted by Crippen LogP contribution is 2.29. The smallest absolute Gasteiger partial charge is 0.326 e. The highest BCUT2D eigenvalue weighted by molar-refractivity contribution is 5.93. The number of benzene rings is 2. The molecule has 2 aromatic carbocycles. The molecule has 12 heteroatoms. The lowest BCUT2D eigenvalue weighted by molar-refractivity contribution is -0.137. The summed E-state index contributed by atoms with van der Waals surface area (Å²) < 4.78 is 1.79. The molecule has 232 valence electrons. The lowest BCUT2D eigenvalue weighted by atomic mass is 9.92. The van der Waals surface area contributed by atoms with Gasteiger partial charge in [0, 0.05) is 68.3 Å². The monoisotopic (exact) mass is 600 g/mol. The second-order valence-electron chi connectivity index (χ2n) is 11.8. The van der Waals surface area contributed by atoms with Crippen LogP contribution in [-0.2, 0) is 9.59 Å². The fraction of sp³-hybridized carbons (Fsp3) is 0.438. The van der Waals surface area contributed by atoms with Crippen molar-refractivity contribution in [3.05, 3.63) is 70.8 Å². The van der Waals surface area contributed by atoms with Crippen LogP contribution in [0.5, 0.6) is 0 Å². The fourth-order valence-electron chi connectivity index (χ4n) is 6.58. The van der Waals surface area contributed by atoms with Gasteiger partial charge in [0.05, 0.1) is 11.0 Å². The standard InChI is InChI=1S/C32H40N8O4/c1-20(24-19-34-25-8-4-3-7-23(24)25)28(29(41)35-21(2)30(42)38-17-13-33-14-18-38)37-31(43)39-15-11-22(12-16-39)40-27-10-6-5-9-26(27)36-32(40)44/h3-10,19-22,28,33-34H,11-18H2,1-2H3,(H,35,41)(H,36,44)(H,37,43)/t20-,21+,28+/m0/s1. The van der Waals surface area contributed by atoms with Crippen LogP contribution in [0.1, 0.15) is 44.2 Å². The molecule has 5 N–H and O–H groups in total. The molecule has 44 heavy (non-hydrogen) atoms. The lowest BCUT2D eigenvalue weighted by Crippen LogP contribution is -2.58. The number of hydrogen-bond acceptors (Lipinski definition) is 5. The van der Waals surface area contributed by atoms with Gasteiger partial charge in [0.15, 0.2) is 0 Å². The molecular weight excluding hydrogens is 560 g/mol. The van der Waals surface area contributed by atoms with Crippen LogP contribution in [-0.4, -0.2) is 93.5 Å². The van der Waals surface area contributed by atoms with Crippen molar-refractivity contribution < 1.29 is 14.4 Å². The van der Waals surface area contributed by atoms with E-state index in [0.29, 0.717) is 52.1 Å². The number of carbonyl (C=O) groups excluding carboxylic acids is 3. The van der Waals surface area contributed by atoms with Crippen molar-refractivity contribution in [3.63, 3.8) is 0 Å². The van der Waals surface area contributed by atoms with E-state index in [1.165, 1.54) is 0 Å². The lowest BCUT2D eigenvalue weighted by Gasteiger charge is -2.35. The maximum Gasteiger partial charge on any atom is 0.326 e. The quantitative estimate of drug-likeness (QED) is 0.221. The second kappa shape index (κ2) is 12.6. The van der Waals surface area contributed by atoms with Crippen molar-refractivity contribution in [2.24, 2.45) is 0 Å². The minimum Gasteiger partial charge on any atom is -0.361 e. The zero-order valence-corrected chi connectivity index (χ0v) is 25.1. The summed E-state index contributed by atoms with van der Waals surface area (Å²) in [7, 11) is 0. The van der Waals surface area contributed by atoms with Crippen molar-refractivity contribution in [1.82, 2.24) is 40.3 Å². The summed E-state index contributed by atoms with van der Waals surface area (Å²) in [6, 6.07) is 13.4. The topological polar surface area (TPSA) is 147 Å². The molecule has 0 radical (unpaired) electrons. The number of hydrogen-bond donors (Lipinski definition) is 5. The molecule has 6 rings (SSSR count). The number of piperidine rings is 1. The maximum atomic E-state index is 13.8. The first kappa shape index (κ1) is 29.5. The normalized spacial score (nSPS) is 18.2. The highest BCUT2D eigenvalue weighted by Gasteiger charge is 2.34. The molecule has 0 saturated carbocycles. The number of fused-ring (bicyclic) bond motifs is 2. The van der Waals surface area contributed by atoms with Crippen LogP contribution in [0.3, 0.4) is 0 Å². The molecule has 4 amide bonds. The molecule has 0 aliphatic carbocycles. The third-order valence-electron chi connectivity index (χ3n) is 9.07. The molecule has 0 spiro atoms. The largest absolute Gasteiger partial charge is 0.361 e. The Bertz CT molecular complexity index is 1710. The Morgan fingerprint density at radius 3 is 2.30 bits per heavy atom. The predicted molar refractivity (Wildman–Crippen MR) is 168 cm³/mol. The van der Waals surface area contributed by atoms with E-state index in [9.17, 15) is 19.2 Å². The first-order chi connectivity index (χ1) is 21.3. The Balaban J connectivity index is 1.17. The summed E-state index contributed by atoms with van der Waals surface area (Å²) >= 11 is 0. The number of likely N-dealkylation sites (tertiary alicyclic amines) is 1. The molecule has 0 bridgehead atoms. The van der Waals surface area contributed by atoms with Gasteiger partial charge < -0.3 is 35.7 Å². The molecule has 2 aromatic heterocycles. The second-order valence-corrected chi connectivity index (χ2v) is 11.8. The van der Waals surface area contributed by atoms with Gasteiger partial charge in [-0.25, -0.2) is 9.59 Å². The van der Waals surface area contributed by atoms with Crippen LogP contribution in [0.4, 0.5) is 4.79 Å². The highest BCUT2D eigenvalue weighted by atomic mass is 16.2. The number of para-hydroxylation sites is 3. The molecule has 2 saturated heterocycles. The Morgan fingerprint density at radius 2 is 1.55 bits per heavy atom. The van der Waals surface area contributed by atoms with E-state index < -0.39 is 18.0 Å². The van der Waals surface area contributed by atoms with Crippen LogP contribution >= 0.6 is 0 Å². The number of aromatic amines is 2. The molecule has 2 aliphatic heterocycles. The van der Waals surface area contributed by atoms with Gasteiger partial charge in [-0.15, -0.1) is 0 Å². The number of imidazole rings is 1. The molecule has 3 atom stereocenters. The van der Waals surface area contributed by atoms with E-state index in [1.54, 1.807) is 21.3 Å². The van der Waals surface area contributed by atoms with Gasteiger partial charge in [-0.2, -0.15) is 0 Å². The van der Waals surface area contributed by atoms with Crippen LogP contribution in [0.15, 0.2) is 59.5 Å². The number of amides is 4. The molecule has 2 fully saturated rings. The SMILES string of the molecule is C[C@@H](NC(=O)[C@H](NC(=O)N1CCC(n2c(=O)[nH]c3ccccc32)CC1)[C@@H](C)c1c[nH]c2ccccc12)C(=O)N1CCNCC1. The average Bonchev–Trinajstić information content (AvgIpc) is 3.63. The van der Waals surface area contributed by atoms with E-state index in [-0.39, 0.29) is 29.6 Å². The van der Waals surface area contributed by atoms with Gasteiger partial charge in [-0.05, 0) is 43.5 Å².